The molecule has 0 aromatic rings. The summed E-state index contributed by atoms with van der Waals surface area (Å²) >= 11 is 0. The Labute approximate surface area is 60.9 Å². The Kier molecular flexibility index (Phi) is 1.46. The molecule has 2 atom stereocenters. The van der Waals surface area contributed by atoms with Gasteiger partial charge < -0.3 is 10.2 Å². The number of aliphatic hydroxyl groups is 2. The van der Waals surface area contributed by atoms with Gasteiger partial charge in [0.05, 0.1) is 12.2 Å². The predicted molar refractivity (Wildman–Crippen MR) is 37.5 cm³/mol. The molecule has 2 bridgehead atoms. The second-order valence-electron chi connectivity index (χ2n) is 3.66. The Morgan fingerprint density at radius 3 is 1.20 bits per heavy atom. The quantitative estimate of drug-likeness (QED) is 0.518. The summed E-state index contributed by atoms with van der Waals surface area (Å²) in [6.07, 6.45) is 3.69. The first-order chi connectivity index (χ1) is 4.79. The minimum absolute atomic E-state index is 0.403. The fourth-order valence-electron chi connectivity index (χ4n) is 2.39. The van der Waals surface area contributed by atoms with Crippen molar-refractivity contribution in [2.24, 2.45) is 11.8 Å². The van der Waals surface area contributed by atoms with Gasteiger partial charge in [0.25, 0.3) is 0 Å². The van der Waals surface area contributed by atoms with Gasteiger partial charge in [-0.1, -0.05) is 0 Å². The van der Waals surface area contributed by atoms with E-state index in [2.05, 4.69) is 0 Å². The van der Waals surface area contributed by atoms with Crippen LogP contribution in [0.1, 0.15) is 25.7 Å². The van der Waals surface area contributed by atoms with Crippen LogP contribution in [0.15, 0.2) is 0 Å². The lowest BCUT2D eigenvalue weighted by atomic mass is 9.67. The Bertz CT molecular complexity index is 107. The number of fused-ring (bicyclic) bond motifs is 3. The van der Waals surface area contributed by atoms with Crippen LogP contribution >= 0.6 is 0 Å². The van der Waals surface area contributed by atoms with Crippen LogP contribution in [-0.4, -0.2) is 22.4 Å². The van der Waals surface area contributed by atoms with Crippen LogP contribution in [0.25, 0.3) is 0 Å². The van der Waals surface area contributed by atoms with E-state index in [0.717, 1.165) is 25.7 Å². The van der Waals surface area contributed by atoms with E-state index in [4.69, 9.17) is 0 Å². The van der Waals surface area contributed by atoms with Crippen molar-refractivity contribution in [2.75, 3.05) is 0 Å². The van der Waals surface area contributed by atoms with Crippen molar-refractivity contribution in [3.8, 4) is 0 Å². The average molecular weight is 142 g/mol. The van der Waals surface area contributed by atoms with Gasteiger partial charge in [-0.2, -0.15) is 0 Å². The first kappa shape index (κ1) is 6.62. The molecule has 3 aliphatic rings. The lowest BCUT2D eigenvalue weighted by molar-refractivity contribution is -0.108. The normalized spacial score (nSPS) is 53.4. The molecule has 3 rings (SSSR count). The SMILES string of the molecule is O[C@@H]1C2CCC(CC2)[C@H]1O. The Balaban J connectivity index is 2.13. The van der Waals surface area contributed by atoms with Gasteiger partial charge >= 0.3 is 0 Å². The second-order valence-corrected chi connectivity index (χ2v) is 3.66. The monoisotopic (exact) mass is 142 g/mol. The smallest absolute Gasteiger partial charge is 0.0829 e. The maximum absolute atomic E-state index is 9.42. The summed E-state index contributed by atoms with van der Waals surface area (Å²) in [7, 11) is 0. The van der Waals surface area contributed by atoms with Gasteiger partial charge in [-0.25, -0.2) is 0 Å². The van der Waals surface area contributed by atoms with Crippen molar-refractivity contribution >= 4 is 0 Å². The molecule has 0 aromatic carbocycles. The summed E-state index contributed by atoms with van der Waals surface area (Å²) < 4.78 is 0. The number of rotatable bonds is 0. The van der Waals surface area contributed by atoms with Crippen LogP contribution in [0.2, 0.25) is 0 Å². The number of aliphatic hydroxyl groups excluding tert-OH is 2. The molecule has 2 heteroatoms. The van der Waals surface area contributed by atoms with Gasteiger partial charge in [0, 0.05) is 0 Å². The van der Waals surface area contributed by atoms with Crippen LogP contribution in [-0.2, 0) is 0 Å². The lowest BCUT2D eigenvalue weighted by Crippen LogP contribution is -2.47. The van der Waals surface area contributed by atoms with E-state index < -0.39 is 12.2 Å². The third kappa shape index (κ3) is 0.789. The summed E-state index contributed by atoms with van der Waals surface area (Å²) in [4.78, 5) is 0. The molecule has 0 aliphatic heterocycles. The molecule has 0 saturated heterocycles. The maximum Gasteiger partial charge on any atom is 0.0829 e. The topological polar surface area (TPSA) is 40.5 Å². The van der Waals surface area contributed by atoms with Crippen molar-refractivity contribution in [3.63, 3.8) is 0 Å². The van der Waals surface area contributed by atoms with Gasteiger partial charge in [0.15, 0.2) is 0 Å². The summed E-state index contributed by atoms with van der Waals surface area (Å²) in [6.45, 7) is 0. The van der Waals surface area contributed by atoms with Crippen molar-refractivity contribution in [1.82, 2.24) is 0 Å². The van der Waals surface area contributed by atoms with Crippen LogP contribution in [0, 0.1) is 11.8 Å². The molecule has 58 valence electrons. The zero-order valence-corrected chi connectivity index (χ0v) is 6.03. The van der Waals surface area contributed by atoms with Crippen LogP contribution in [0.4, 0.5) is 0 Å². The fraction of sp³-hybridized carbons (Fsp3) is 1.00. The van der Waals surface area contributed by atoms with Gasteiger partial charge in [-0.3, -0.25) is 0 Å². The first-order valence-electron chi connectivity index (χ1n) is 4.15. The van der Waals surface area contributed by atoms with Gasteiger partial charge in [0.1, 0.15) is 0 Å². The minimum Gasteiger partial charge on any atom is -0.390 e. The first-order valence-corrected chi connectivity index (χ1v) is 4.15. The van der Waals surface area contributed by atoms with E-state index in [0.29, 0.717) is 11.8 Å². The largest absolute Gasteiger partial charge is 0.390 e. The zero-order valence-electron chi connectivity index (χ0n) is 6.03. The summed E-state index contributed by atoms with van der Waals surface area (Å²) in [5, 5.41) is 18.8. The molecule has 0 aromatic heterocycles. The molecule has 2 nitrogen and oxygen atoms in total. The molecule has 10 heavy (non-hydrogen) atoms. The number of hydrogen-bond donors (Lipinski definition) is 2. The third-order valence-electron chi connectivity index (χ3n) is 3.13. The molecule has 2 N–H and O–H groups in total. The van der Waals surface area contributed by atoms with Crippen molar-refractivity contribution in [1.29, 1.82) is 0 Å². The molecule has 3 fully saturated rings. The van der Waals surface area contributed by atoms with Gasteiger partial charge in [-0.15, -0.1) is 0 Å². The summed E-state index contributed by atoms with van der Waals surface area (Å²) in [5.41, 5.74) is 0. The number of hydrogen-bond acceptors (Lipinski definition) is 2. The highest BCUT2D eigenvalue weighted by Crippen LogP contribution is 2.41. The van der Waals surface area contributed by atoms with E-state index in [1.807, 2.05) is 0 Å². The Morgan fingerprint density at radius 2 is 1.00 bits per heavy atom. The highest BCUT2D eigenvalue weighted by atomic mass is 16.3. The molecule has 0 unspecified atom stereocenters. The van der Waals surface area contributed by atoms with Gasteiger partial charge in [-0.05, 0) is 37.5 Å². The highest BCUT2D eigenvalue weighted by molar-refractivity contribution is 4.92. The summed E-state index contributed by atoms with van der Waals surface area (Å²) in [5.74, 6) is 0.806. The maximum atomic E-state index is 9.42. The molecule has 0 heterocycles. The average Bonchev–Trinajstić information content (AvgIpc) is 2.00. The lowest BCUT2D eigenvalue weighted by Gasteiger charge is -2.43. The van der Waals surface area contributed by atoms with E-state index in [1.165, 1.54) is 0 Å². The minimum atomic E-state index is -0.410. The fourth-order valence-corrected chi connectivity index (χ4v) is 2.39. The molecular weight excluding hydrogens is 128 g/mol. The van der Waals surface area contributed by atoms with Crippen molar-refractivity contribution < 1.29 is 10.2 Å². The zero-order chi connectivity index (χ0) is 7.14. The molecule has 0 spiro atoms. The third-order valence-corrected chi connectivity index (χ3v) is 3.13. The molecule has 3 saturated carbocycles. The Morgan fingerprint density at radius 1 is 0.700 bits per heavy atom. The molecule has 0 amide bonds. The van der Waals surface area contributed by atoms with Crippen LogP contribution in [0.3, 0.4) is 0 Å². The van der Waals surface area contributed by atoms with Crippen molar-refractivity contribution in [2.45, 2.75) is 37.9 Å². The molecule has 0 radical (unpaired) electrons. The van der Waals surface area contributed by atoms with E-state index in [1.54, 1.807) is 0 Å². The highest BCUT2D eigenvalue weighted by Gasteiger charge is 2.41. The van der Waals surface area contributed by atoms with Crippen LogP contribution in [0.5, 0.6) is 0 Å². The predicted octanol–water partition coefficient (Wildman–Crippen LogP) is 0.528. The molecule has 3 aliphatic carbocycles. The van der Waals surface area contributed by atoms with E-state index in [-0.39, 0.29) is 0 Å². The van der Waals surface area contributed by atoms with E-state index >= 15 is 0 Å². The van der Waals surface area contributed by atoms with E-state index in [9.17, 15) is 10.2 Å². The van der Waals surface area contributed by atoms with Gasteiger partial charge in [0.2, 0.25) is 0 Å². The second kappa shape index (κ2) is 2.21. The van der Waals surface area contributed by atoms with Crippen molar-refractivity contribution in [3.05, 3.63) is 0 Å². The molecular formula is C8H14O2. The standard InChI is InChI=1S/C8H14O2/c9-7-5-1-2-6(4-3-5)8(7)10/h5-10H,1-4H2/t5?,6?,7-,8-/m1/s1. The summed E-state index contributed by atoms with van der Waals surface area (Å²) in [6, 6.07) is 0. The Hall–Kier alpha value is -0.0800. The van der Waals surface area contributed by atoms with Crippen LogP contribution < -0.4 is 0 Å².